The van der Waals surface area contributed by atoms with Gasteiger partial charge in [-0.3, -0.25) is 9.89 Å². The molecule has 5 heteroatoms. The lowest BCUT2D eigenvalue weighted by atomic mass is 9.88. The molecule has 1 atom stereocenters. The number of aryl methyl sites for hydroxylation is 1. The van der Waals surface area contributed by atoms with Crippen molar-refractivity contribution in [3.8, 4) is 5.75 Å². The normalized spacial score (nSPS) is 20.5. The molecule has 3 rings (SSSR count). The Morgan fingerprint density at radius 3 is 2.77 bits per heavy atom. The topological polar surface area (TPSA) is 51.1 Å². The molecule has 1 aromatic rings. The summed E-state index contributed by atoms with van der Waals surface area (Å²) in [6, 6.07) is 4.56. The third-order valence-corrected chi connectivity index (χ3v) is 6.05. The van der Waals surface area contributed by atoms with Gasteiger partial charge in [0.1, 0.15) is 5.75 Å². The Kier molecular flexibility index (Phi) is 6.41. The van der Waals surface area contributed by atoms with Crippen molar-refractivity contribution in [1.29, 1.82) is 0 Å². The van der Waals surface area contributed by atoms with Crippen molar-refractivity contribution in [3.05, 3.63) is 28.8 Å². The predicted molar refractivity (Wildman–Crippen MR) is 108 cm³/mol. The summed E-state index contributed by atoms with van der Waals surface area (Å²) in [5.41, 5.74) is 3.81. The largest absolute Gasteiger partial charge is 0.508 e. The number of guanidine groups is 1. The summed E-state index contributed by atoms with van der Waals surface area (Å²) in [6.45, 7) is 9.39. The van der Waals surface area contributed by atoms with Gasteiger partial charge in [-0.25, -0.2) is 0 Å². The zero-order valence-electron chi connectivity index (χ0n) is 16.6. The van der Waals surface area contributed by atoms with Crippen LogP contribution in [0.4, 0.5) is 0 Å². The monoisotopic (exact) mass is 358 g/mol. The van der Waals surface area contributed by atoms with Gasteiger partial charge in [0.15, 0.2) is 5.96 Å². The lowest BCUT2D eigenvalue weighted by Gasteiger charge is -2.27. The zero-order chi connectivity index (χ0) is 18.5. The molecule has 0 amide bonds. The second-order valence-electron chi connectivity index (χ2n) is 7.42. The van der Waals surface area contributed by atoms with Gasteiger partial charge < -0.3 is 15.3 Å². The van der Waals surface area contributed by atoms with E-state index in [9.17, 15) is 5.11 Å². The van der Waals surface area contributed by atoms with Crippen LogP contribution in [0.1, 0.15) is 49.8 Å². The Balaban J connectivity index is 1.66. The van der Waals surface area contributed by atoms with E-state index >= 15 is 0 Å². The molecule has 1 heterocycles. The zero-order valence-corrected chi connectivity index (χ0v) is 16.6. The summed E-state index contributed by atoms with van der Waals surface area (Å²) in [5.74, 6) is 1.36. The van der Waals surface area contributed by atoms with Gasteiger partial charge in [0.05, 0.1) is 0 Å². The molecule has 2 aliphatic rings. The lowest BCUT2D eigenvalue weighted by molar-refractivity contribution is 0.223. The second-order valence-corrected chi connectivity index (χ2v) is 7.42. The van der Waals surface area contributed by atoms with E-state index < -0.39 is 0 Å². The number of likely N-dealkylation sites (N-methyl/N-ethyl adjacent to an activating group) is 1. The molecule has 1 aromatic carbocycles. The molecule has 144 valence electrons. The van der Waals surface area contributed by atoms with Crippen LogP contribution in [0.5, 0.6) is 5.75 Å². The number of phenols is 1. The van der Waals surface area contributed by atoms with Crippen LogP contribution < -0.4 is 5.32 Å². The van der Waals surface area contributed by atoms with Gasteiger partial charge in [0.25, 0.3) is 0 Å². The molecule has 1 aliphatic heterocycles. The predicted octanol–water partition coefficient (Wildman–Crippen LogP) is 2.76. The van der Waals surface area contributed by atoms with Crippen molar-refractivity contribution < 1.29 is 5.11 Å². The maximum absolute atomic E-state index is 10.4. The van der Waals surface area contributed by atoms with Gasteiger partial charge in [-0.2, -0.15) is 0 Å². The molecule has 2 N–H and O–H groups in total. The van der Waals surface area contributed by atoms with E-state index in [1.165, 1.54) is 30.4 Å². The van der Waals surface area contributed by atoms with Crippen molar-refractivity contribution >= 4 is 5.96 Å². The molecule has 1 saturated heterocycles. The van der Waals surface area contributed by atoms with Crippen LogP contribution in [0.2, 0.25) is 0 Å². The van der Waals surface area contributed by atoms with E-state index in [0.29, 0.717) is 18.3 Å². The molecule has 0 saturated carbocycles. The van der Waals surface area contributed by atoms with Crippen LogP contribution in [-0.2, 0) is 19.4 Å². The average Bonchev–Trinajstić information content (AvgIpc) is 3.14. The second kappa shape index (κ2) is 8.76. The van der Waals surface area contributed by atoms with E-state index in [2.05, 4.69) is 40.0 Å². The number of rotatable bonds is 5. The molecule has 0 radical (unpaired) electrons. The minimum absolute atomic E-state index is 0.413. The van der Waals surface area contributed by atoms with Gasteiger partial charge in [0.2, 0.25) is 0 Å². The van der Waals surface area contributed by atoms with Crippen LogP contribution in [0.15, 0.2) is 17.1 Å². The molecule has 5 nitrogen and oxygen atoms in total. The molecule has 1 unspecified atom stereocenters. The van der Waals surface area contributed by atoms with Crippen LogP contribution in [0.25, 0.3) is 0 Å². The lowest BCUT2D eigenvalue weighted by Crippen LogP contribution is -2.43. The smallest absolute Gasteiger partial charge is 0.193 e. The number of aromatic hydroxyl groups is 1. The summed E-state index contributed by atoms with van der Waals surface area (Å²) in [4.78, 5) is 9.39. The minimum atomic E-state index is 0.413. The first-order valence-electron chi connectivity index (χ1n) is 10.2. The number of nitrogens with zero attached hydrogens (tertiary/aromatic N) is 3. The van der Waals surface area contributed by atoms with Crippen LogP contribution >= 0.6 is 0 Å². The van der Waals surface area contributed by atoms with Gasteiger partial charge in [-0.1, -0.05) is 19.9 Å². The number of phenolic OH excluding ortho intramolecular Hbond substituents is 1. The fraction of sp³-hybridized carbons (Fsp3) is 0.667. The van der Waals surface area contributed by atoms with Gasteiger partial charge in [-0.05, 0) is 62.4 Å². The Labute approximate surface area is 158 Å². The Hall–Kier alpha value is -1.75. The molecule has 1 fully saturated rings. The highest BCUT2D eigenvalue weighted by Gasteiger charge is 2.28. The first kappa shape index (κ1) is 19.0. The van der Waals surface area contributed by atoms with E-state index in [1.54, 1.807) is 0 Å². The fourth-order valence-corrected chi connectivity index (χ4v) is 4.56. The number of likely N-dealkylation sites (tertiary alicyclic amines) is 1. The standard InChI is InChI=1S/C21H34N4O/c1-4-24(5-2)17-12-13-25(15-17)21(22-3)23-14-19-18-9-7-6-8-16(18)10-11-20(19)26/h10-11,17,26H,4-9,12-15H2,1-3H3,(H,22,23). The quantitative estimate of drug-likeness (QED) is 0.628. The van der Waals surface area contributed by atoms with Crippen LogP contribution in [0, 0.1) is 0 Å². The van der Waals surface area contributed by atoms with E-state index in [4.69, 9.17) is 0 Å². The SMILES string of the molecule is CCN(CC)C1CCN(C(=NC)NCc2c(O)ccc3c2CCCC3)C1. The molecular weight excluding hydrogens is 324 g/mol. The number of aliphatic imine (C=N–C) groups is 1. The number of benzene rings is 1. The highest BCUT2D eigenvalue weighted by atomic mass is 16.3. The maximum atomic E-state index is 10.4. The van der Waals surface area contributed by atoms with Gasteiger partial charge >= 0.3 is 0 Å². The first-order chi connectivity index (χ1) is 12.7. The van der Waals surface area contributed by atoms with Gasteiger partial charge in [0, 0.05) is 38.3 Å². The number of hydrogen-bond acceptors (Lipinski definition) is 3. The molecule has 26 heavy (non-hydrogen) atoms. The van der Waals surface area contributed by atoms with Crippen molar-refractivity contribution in [1.82, 2.24) is 15.1 Å². The number of fused-ring (bicyclic) bond motifs is 1. The summed E-state index contributed by atoms with van der Waals surface area (Å²) < 4.78 is 0. The maximum Gasteiger partial charge on any atom is 0.193 e. The van der Waals surface area contributed by atoms with E-state index in [1.807, 2.05) is 13.1 Å². The molecule has 1 aliphatic carbocycles. The highest BCUT2D eigenvalue weighted by molar-refractivity contribution is 5.80. The minimum Gasteiger partial charge on any atom is -0.508 e. The average molecular weight is 359 g/mol. The van der Waals surface area contributed by atoms with Crippen LogP contribution in [-0.4, -0.2) is 60.1 Å². The Bertz CT molecular complexity index is 639. The molecular formula is C21H34N4O. The number of nitrogens with one attached hydrogen (secondary N) is 1. The summed E-state index contributed by atoms with van der Waals surface area (Å²) in [7, 11) is 1.85. The summed E-state index contributed by atoms with van der Waals surface area (Å²) in [6.07, 6.45) is 5.87. The first-order valence-corrected chi connectivity index (χ1v) is 10.2. The Morgan fingerprint density at radius 2 is 2.04 bits per heavy atom. The van der Waals surface area contributed by atoms with Gasteiger partial charge in [-0.15, -0.1) is 0 Å². The van der Waals surface area contributed by atoms with Crippen molar-refractivity contribution in [3.63, 3.8) is 0 Å². The van der Waals surface area contributed by atoms with Crippen molar-refractivity contribution in [2.45, 2.75) is 58.5 Å². The highest BCUT2D eigenvalue weighted by Crippen LogP contribution is 2.30. The van der Waals surface area contributed by atoms with E-state index in [-0.39, 0.29) is 0 Å². The fourth-order valence-electron chi connectivity index (χ4n) is 4.56. The number of hydrogen-bond donors (Lipinski definition) is 2. The Morgan fingerprint density at radius 1 is 1.27 bits per heavy atom. The third-order valence-electron chi connectivity index (χ3n) is 6.05. The molecule has 0 bridgehead atoms. The van der Waals surface area contributed by atoms with Crippen LogP contribution in [0.3, 0.4) is 0 Å². The summed E-state index contributed by atoms with van der Waals surface area (Å²) in [5, 5.41) is 13.9. The van der Waals surface area contributed by atoms with Crippen molar-refractivity contribution in [2.75, 3.05) is 33.2 Å². The summed E-state index contributed by atoms with van der Waals surface area (Å²) >= 11 is 0. The molecule has 0 spiro atoms. The van der Waals surface area contributed by atoms with E-state index in [0.717, 1.165) is 50.5 Å². The van der Waals surface area contributed by atoms with Crippen molar-refractivity contribution in [2.24, 2.45) is 4.99 Å². The third kappa shape index (κ3) is 3.98. The molecule has 0 aromatic heterocycles.